The van der Waals surface area contributed by atoms with Gasteiger partial charge in [-0.05, 0) is 38.3 Å². The minimum absolute atomic E-state index is 0.445. The maximum atomic E-state index is 6.10. The van der Waals surface area contributed by atoms with E-state index in [0.717, 1.165) is 44.2 Å². The van der Waals surface area contributed by atoms with Crippen LogP contribution in [0.1, 0.15) is 38.9 Å². The lowest BCUT2D eigenvalue weighted by Gasteiger charge is -2.26. The van der Waals surface area contributed by atoms with Gasteiger partial charge in [0.1, 0.15) is 5.76 Å². The summed E-state index contributed by atoms with van der Waals surface area (Å²) in [5, 5.41) is 3.63. The Morgan fingerprint density at radius 1 is 1.33 bits per heavy atom. The Labute approximate surface area is 144 Å². The van der Waals surface area contributed by atoms with Gasteiger partial charge in [0.15, 0.2) is 5.96 Å². The zero-order valence-electron chi connectivity index (χ0n) is 14.8. The highest BCUT2D eigenvalue weighted by Crippen LogP contribution is 2.47. The summed E-state index contributed by atoms with van der Waals surface area (Å²) in [6.07, 6.45) is 7.19. The average molecular weight is 331 g/mol. The molecule has 1 aromatic heterocycles. The molecule has 3 fully saturated rings. The third-order valence-electron chi connectivity index (χ3n) is 5.94. The number of ether oxygens (including phenoxy) is 1. The average Bonchev–Trinajstić information content (AvgIpc) is 3.34. The SMILES string of the molecule is CCC(C)NC(=NCCc1ccco1)N1CC2C3CCC(O3)C2C1. The molecule has 5 heteroatoms. The first-order valence-corrected chi connectivity index (χ1v) is 9.48. The van der Waals surface area contributed by atoms with Crippen LogP contribution in [0.2, 0.25) is 0 Å². The highest BCUT2D eigenvalue weighted by atomic mass is 16.5. The van der Waals surface area contributed by atoms with Gasteiger partial charge < -0.3 is 19.4 Å². The van der Waals surface area contributed by atoms with Crippen LogP contribution < -0.4 is 5.32 Å². The maximum Gasteiger partial charge on any atom is 0.194 e. The van der Waals surface area contributed by atoms with Gasteiger partial charge in [-0.2, -0.15) is 0 Å². The Kier molecular flexibility index (Phi) is 4.53. The van der Waals surface area contributed by atoms with Crippen LogP contribution in [0, 0.1) is 11.8 Å². The Balaban J connectivity index is 1.42. The van der Waals surface area contributed by atoms with Crippen molar-refractivity contribution in [2.45, 2.75) is 57.8 Å². The van der Waals surface area contributed by atoms with E-state index in [9.17, 15) is 0 Å². The van der Waals surface area contributed by atoms with Gasteiger partial charge in [-0.15, -0.1) is 0 Å². The molecule has 4 heterocycles. The molecule has 4 rings (SSSR count). The van der Waals surface area contributed by atoms with Crippen molar-refractivity contribution < 1.29 is 9.15 Å². The van der Waals surface area contributed by atoms with Crippen LogP contribution >= 0.6 is 0 Å². The van der Waals surface area contributed by atoms with E-state index in [1.165, 1.54) is 12.8 Å². The summed E-state index contributed by atoms with van der Waals surface area (Å²) in [4.78, 5) is 7.37. The van der Waals surface area contributed by atoms with Crippen LogP contribution in [0.15, 0.2) is 27.8 Å². The molecule has 3 saturated heterocycles. The highest BCUT2D eigenvalue weighted by molar-refractivity contribution is 5.80. The highest BCUT2D eigenvalue weighted by Gasteiger charge is 2.53. The Bertz CT molecular complexity index is 553. The number of nitrogens with zero attached hydrogens (tertiary/aromatic N) is 2. The molecule has 0 amide bonds. The van der Waals surface area contributed by atoms with Crippen LogP contribution in [0.4, 0.5) is 0 Å². The van der Waals surface area contributed by atoms with E-state index >= 15 is 0 Å². The van der Waals surface area contributed by atoms with Gasteiger partial charge in [0.05, 0.1) is 18.5 Å². The van der Waals surface area contributed by atoms with Gasteiger partial charge in [-0.25, -0.2) is 0 Å². The number of likely N-dealkylation sites (tertiary alicyclic amines) is 1. The molecule has 3 aliphatic heterocycles. The molecule has 1 aromatic rings. The fourth-order valence-corrected chi connectivity index (χ4v) is 4.42. The van der Waals surface area contributed by atoms with Crippen molar-refractivity contribution in [2.75, 3.05) is 19.6 Å². The van der Waals surface area contributed by atoms with Gasteiger partial charge in [0, 0.05) is 43.9 Å². The number of aliphatic imine (C=N–C) groups is 1. The predicted molar refractivity (Wildman–Crippen MR) is 94.1 cm³/mol. The second kappa shape index (κ2) is 6.79. The summed E-state index contributed by atoms with van der Waals surface area (Å²) < 4.78 is 11.5. The normalized spacial score (nSPS) is 33.1. The summed E-state index contributed by atoms with van der Waals surface area (Å²) >= 11 is 0. The van der Waals surface area contributed by atoms with Crippen LogP contribution in [-0.4, -0.2) is 48.7 Å². The third kappa shape index (κ3) is 3.06. The van der Waals surface area contributed by atoms with Crippen LogP contribution in [0.5, 0.6) is 0 Å². The summed E-state index contributed by atoms with van der Waals surface area (Å²) in [5.74, 6) is 3.49. The quantitative estimate of drug-likeness (QED) is 0.666. The molecule has 5 unspecified atom stereocenters. The smallest absolute Gasteiger partial charge is 0.194 e. The van der Waals surface area contributed by atoms with Crippen molar-refractivity contribution in [2.24, 2.45) is 16.8 Å². The second-order valence-electron chi connectivity index (χ2n) is 7.51. The number of fused-ring (bicyclic) bond motifs is 5. The standard InChI is InChI=1S/C19H29N3O2/c1-3-13(2)21-19(20-9-8-14-5-4-10-23-14)22-11-15-16(12-22)18-7-6-17(15)24-18/h4-5,10,13,15-18H,3,6-9,11-12H2,1-2H3,(H,20,21). The molecule has 1 N–H and O–H groups in total. The first-order valence-electron chi connectivity index (χ1n) is 9.48. The first-order chi connectivity index (χ1) is 11.7. The van der Waals surface area contributed by atoms with E-state index in [4.69, 9.17) is 14.1 Å². The molecule has 2 bridgehead atoms. The number of guanidine groups is 1. The summed E-state index contributed by atoms with van der Waals surface area (Å²) in [6.45, 7) is 7.39. The molecular formula is C19H29N3O2. The Hall–Kier alpha value is -1.49. The van der Waals surface area contributed by atoms with Crippen molar-refractivity contribution >= 4 is 5.96 Å². The minimum Gasteiger partial charge on any atom is -0.469 e. The topological polar surface area (TPSA) is 50.0 Å². The molecular weight excluding hydrogens is 302 g/mol. The number of hydrogen-bond acceptors (Lipinski definition) is 3. The first kappa shape index (κ1) is 16.0. The second-order valence-corrected chi connectivity index (χ2v) is 7.51. The predicted octanol–water partition coefficient (Wildman–Crippen LogP) is 2.68. The number of furan rings is 1. The van der Waals surface area contributed by atoms with Crippen LogP contribution in [0.25, 0.3) is 0 Å². The van der Waals surface area contributed by atoms with Crippen molar-refractivity contribution in [3.63, 3.8) is 0 Å². The summed E-state index contributed by atoms with van der Waals surface area (Å²) in [6, 6.07) is 4.40. The van der Waals surface area contributed by atoms with E-state index in [1.54, 1.807) is 6.26 Å². The fourth-order valence-electron chi connectivity index (χ4n) is 4.42. The third-order valence-corrected chi connectivity index (χ3v) is 5.94. The van der Waals surface area contributed by atoms with E-state index in [0.29, 0.717) is 30.1 Å². The summed E-state index contributed by atoms with van der Waals surface area (Å²) in [7, 11) is 0. The number of rotatable bonds is 5. The lowest BCUT2D eigenvalue weighted by atomic mass is 9.82. The molecule has 0 spiro atoms. The monoisotopic (exact) mass is 331 g/mol. The van der Waals surface area contributed by atoms with Gasteiger partial charge in [-0.1, -0.05) is 6.92 Å². The van der Waals surface area contributed by atoms with Crippen molar-refractivity contribution in [1.29, 1.82) is 0 Å². The van der Waals surface area contributed by atoms with Crippen molar-refractivity contribution in [3.05, 3.63) is 24.2 Å². The number of nitrogens with one attached hydrogen (secondary N) is 1. The molecule has 0 saturated carbocycles. The van der Waals surface area contributed by atoms with Crippen molar-refractivity contribution in [1.82, 2.24) is 10.2 Å². The zero-order chi connectivity index (χ0) is 16.5. The molecule has 3 aliphatic rings. The Morgan fingerprint density at radius 3 is 2.71 bits per heavy atom. The molecule has 5 atom stereocenters. The lowest BCUT2D eigenvalue weighted by Crippen LogP contribution is -2.45. The summed E-state index contributed by atoms with van der Waals surface area (Å²) in [5.41, 5.74) is 0. The Morgan fingerprint density at radius 2 is 2.08 bits per heavy atom. The van der Waals surface area contributed by atoms with E-state index in [1.807, 2.05) is 12.1 Å². The minimum atomic E-state index is 0.445. The zero-order valence-corrected chi connectivity index (χ0v) is 14.8. The van der Waals surface area contributed by atoms with Crippen LogP contribution in [0.3, 0.4) is 0 Å². The molecule has 24 heavy (non-hydrogen) atoms. The van der Waals surface area contributed by atoms with Gasteiger partial charge >= 0.3 is 0 Å². The molecule has 132 valence electrons. The van der Waals surface area contributed by atoms with Crippen molar-refractivity contribution in [3.8, 4) is 0 Å². The van der Waals surface area contributed by atoms with Gasteiger partial charge in [0.25, 0.3) is 0 Å². The lowest BCUT2D eigenvalue weighted by molar-refractivity contribution is 0.0766. The number of hydrogen-bond donors (Lipinski definition) is 1. The van der Waals surface area contributed by atoms with E-state index < -0.39 is 0 Å². The molecule has 5 nitrogen and oxygen atoms in total. The molecule has 0 aliphatic carbocycles. The molecule has 0 aromatic carbocycles. The maximum absolute atomic E-state index is 6.10. The van der Waals surface area contributed by atoms with Crippen LogP contribution in [-0.2, 0) is 11.2 Å². The van der Waals surface area contributed by atoms with E-state index in [-0.39, 0.29) is 0 Å². The van der Waals surface area contributed by atoms with Gasteiger partial charge in [0.2, 0.25) is 0 Å². The largest absolute Gasteiger partial charge is 0.469 e. The fraction of sp³-hybridized carbons (Fsp3) is 0.737. The van der Waals surface area contributed by atoms with E-state index in [2.05, 4.69) is 24.1 Å². The molecule has 0 radical (unpaired) electrons. The van der Waals surface area contributed by atoms with Gasteiger partial charge in [-0.3, -0.25) is 4.99 Å².